The molecular weight excluding hydrogens is 366 g/mol. The van der Waals surface area contributed by atoms with Gasteiger partial charge in [-0.2, -0.15) is 0 Å². The van der Waals surface area contributed by atoms with Crippen molar-refractivity contribution in [2.45, 2.75) is 0 Å². The molecule has 4 nitrogen and oxygen atoms in total. The van der Waals surface area contributed by atoms with Crippen LogP contribution in [0.2, 0.25) is 5.02 Å². The second-order valence-electron chi connectivity index (χ2n) is 4.71. The maximum atomic E-state index is 13.5. The van der Waals surface area contributed by atoms with E-state index in [-0.39, 0.29) is 5.69 Å². The van der Waals surface area contributed by atoms with Gasteiger partial charge in [-0.15, -0.1) is 0 Å². The lowest BCUT2D eigenvalue weighted by Gasteiger charge is -2.07. The third-order valence-corrected chi connectivity index (χ3v) is 3.35. The van der Waals surface area contributed by atoms with Gasteiger partial charge in [0.25, 0.3) is 0 Å². The van der Waals surface area contributed by atoms with Gasteiger partial charge in [-0.25, -0.2) is 22.4 Å². The van der Waals surface area contributed by atoms with Crippen molar-refractivity contribution in [1.82, 2.24) is 0 Å². The summed E-state index contributed by atoms with van der Waals surface area (Å²) >= 11 is 5.64. The summed E-state index contributed by atoms with van der Waals surface area (Å²) in [6.07, 6.45) is 0.637. The van der Waals surface area contributed by atoms with E-state index in [0.717, 1.165) is 12.1 Å². The summed E-state index contributed by atoms with van der Waals surface area (Å²) < 4.78 is 52.7. The second-order valence-corrected chi connectivity index (χ2v) is 5.11. The Labute approximate surface area is 143 Å². The zero-order valence-corrected chi connectivity index (χ0v) is 12.9. The minimum atomic E-state index is -1.72. The van der Waals surface area contributed by atoms with Gasteiger partial charge in [0.15, 0.2) is 11.6 Å². The first-order chi connectivity index (χ1) is 11.7. The fourth-order valence-electron chi connectivity index (χ4n) is 1.82. The van der Waals surface area contributed by atoms with Gasteiger partial charge in [0.2, 0.25) is 5.78 Å². The molecule has 2 aromatic rings. The number of aliphatic carboxylic acids is 1. The molecule has 0 aliphatic carbocycles. The van der Waals surface area contributed by atoms with Gasteiger partial charge in [0.1, 0.15) is 17.2 Å². The summed E-state index contributed by atoms with van der Waals surface area (Å²) in [5.41, 5.74) is -1.81. The fraction of sp³-hybridized carbons (Fsp3) is 0. The minimum absolute atomic E-state index is 0.302. The van der Waals surface area contributed by atoms with Crippen molar-refractivity contribution in [3.63, 3.8) is 0 Å². The standard InChI is InChI=1S/C16H8ClF4NO3/c17-10-5-12(20)11(19)4-8(10)15(23)9(16(24)25)6-22-14-2-1-7(18)3-13(14)21/h1-6,22H,(H,24,25)/b9-6-. The molecule has 0 aliphatic heterocycles. The molecule has 0 radical (unpaired) electrons. The molecule has 130 valence electrons. The van der Waals surface area contributed by atoms with Crippen molar-refractivity contribution in [1.29, 1.82) is 0 Å². The van der Waals surface area contributed by atoms with Gasteiger partial charge < -0.3 is 10.4 Å². The van der Waals surface area contributed by atoms with Crippen LogP contribution in [-0.4, -0.2) is 16.9 Å². The Morgan fingerprint density at radius 3 is 2.24 bits per heavy atom. The number of benzene rings is 2. The van der Waals surface area contributed by atoms with Crippen LogP contribution in [0.25, 0.3) is 0 Å². The third-order valence-electron chi connectivity index (χ3n) is 3.03. The lowest BCUT2D eigenvalue weighted by atomic mass is 10.0. The molecule has 2 rings (SSSR count). The molecule has 0 heterocycles. The zero-order chi connectivity index (χ0) is 18.7. The van der Waals surface area contributed by atoms with Crippen LogP contribution in [0.5, 0.6) is 0 Å². The molecule has 2 N–H and O–H groups in total. The summed E-state index contributed by atoms with van der Waals surface area (Å²) in [5.74, 6) is -7.54. The first-order valence-corrected chi connectivity index (χ1v) is 6.92. The predicted molar refractivity (Wildman–Crippen MR) is 81.4 cm³/mol. The highest BCUT2D eigenvalue weighted by atomic mass is 35.5. The van der Waals surface area contributed by atoms with Gasteiger partial charge in [0.05, 0.1) is 10.7 Å². The van der Waals surface area contributed by atoms with Crippen LogP contribution >= 0.6 is 11.6 Å². The lowest BCUT2D eigenvalue weighted by Crippen LogP contribution is -2.15. The van der Waals surface area contributed by atoms with E-state index in [1.165, 1.54) is 0 Å². The first kappa shape index (κ1) is 18.5. The normalized spacial score (nSPS) is 11.3. The Bertz CT molecular complexity index is 899. The second kappa shape index (κ2) is 7.35. The Morgan fingerprint density at radius 1 is 1.00 bits per heavy atom. The van der Waals surface area contributed by atoms with Crippen LogP contribution in [-0.2, 0) is 4.79 Å². The molecule has 0 aromatic heterocycles. The molecule has 0 aliphatic rings. The van der Waals surface area contributed by atoms with Crippen LogP contribution < -0.4 is 5.32 Å². The third kappa shape index (κ3) is 4.16. The zero-order valence-electron chi connectivity index (χ0n) is 12.1. The van der Waals surface area contributed by atoms with Crippen molar-refractivity contribution in [3.8, 4) is 0 Å². The average Bonchev–Trinajstić information content (AvgIpc) is 2.52. The van der Waals surface area contributed by atoms with Crippen molar-refractivity contribution >= 4 is 29.0 Å². The van der Waals surface area contributed by atoms with Crippen LogP contribution in [0.4, 0.5) is 23.2 Å². The molecule has 0 amide bonds. The van der Waals surface area contributed by atoms with E-state index in [9.17, 15) is 27.2 Å². The summed E-state index contributed by atoms with van der Waals surface area (Å²) in [4.78, 5) is 23.5. The van der Waals surface area contributed by atoms with E-state index in [4.69, 9.17) is 16.7 Å². The number of carboxylic acid groups (broad SMARTS) is 1. The Kier molecular flexibility index (Phi) is 5.43. The van der Waals surface area contributed by atoms with Gasteiger partial charge in [0, 0.05) is 17.8 Å². The van der Waals surface area contributed by atoms with Crippen LogP contribution in [0.3, 0.4) is 0 Å². The number of halogens is 5. The number of rotatable bonds is 5. The molecule has 0 atom stereocenters. The van der Waals surface area contributed by atoms with E-state index in [1.54, 1.807) is 0 Å². The van der Waals surface area contributed by atoms with Gasteiger partial charge in [-0.05, 0) is 24.3 Å². The first-order valence-electron chi connectivity index (χ1n) is 6.55. The number of Topliss-reactive ketones (excluding diaryl/α,β-unsaturated/α-hetero) is 1. The quantitative estimate of drug-likeness (QED) is 0.206. The van der Waals surface area contributed by atoms with E-state index in [2.05, 4.69) is 5.32 Å². The molecule has 9 heteroatoms. The number of hydrogen-bond donors (Lipinski definition) is 2. The summed E-state index contributed by atoms with van der Waals surface area (Å²) in [7, 11) is 0. The molecule has 2 aromatic carbocycles. The van der Waals surface area contributed by atoms with E-state index >= 15 is 0 Å². The number of carbonyl (C=O) groups is 2. The number of carboxylic acids is 1. The number of ketones is 1. The van der Waals surface area contributed by atoms with E-state index in [0.29, 0.717) is 24.4 Å². The Morgan fingerprint density at radius 2 is 1.64 bits per heavy atom. The molecule has 0 bridgehead atoms. The highest BCUT2D eigenvalue weighted by molar-refractivity contribution is 6.36. The van der Waals surface area contributed by atoms with Crippen LogP contribution in [0, 0.1) is 23.3 Å². The molecule has 0 fully saturated rings. The van der Waals surface area contributed by atoms with Crippen molar-refractivity contribution < 1.29 is 32.3 Å². The monoisotopic (exact) mass is 373 g/mol. The number of hydrogen-bond acceptors (Lipinski definition) is 3. The molecule has 0 spiro atoms. The Hall–Kier alpha value is -2.87. The van der Waals surface area contributed by atoms with Crippen molar-refractivity contribution in [2.75, 3.05) is 5.32 Å². The molecule has 0 saturated heterocycles. The number of carbonyl (C=O) groups excluding carboxylic acids is 1. The van der Waals surface area contributed by atoms with Gasteiger partial charge >= 0.3 is 5.97 Å². The topological polar surface area (TPSA) is 66.4 Å². The summed E-state index contributed by atoms with van der Waals surface area (Å²) in [5, 5.41) is 10.8. The van der Waals surface area contributed by atoms with E-state index < -0.39 is 51.2 Å². The average molecular weight is 374 g/mol. The molecule has 0 unspecified atom stereocenters. The molecular formula is C16H8ClF4NO3. The van der Waals surface area contributed by atoms with E-state index in [1.807, 2.05) is 0 Å². The van der Waals surface area contributed by atoms with Crippen LogP contribution in [0.15, 0.2) is 42.1 Å². The predicted octanol–water partition coefficient (Wildman–Crippen LogP) is 4.16. The van der Waals surface area contributed by atoms with Crippen molar-refractivity contribution in [3.05, 3.63) is 76.0 Å². The highest BCUT2D eigenvalue weighted by Crippen LogP contribution is 2.23. The minimum Gasteiger partial charge on any atom is -0.477 e. The summed E-state index contributed by atoms with van der Waals surface area (Å²) in [6, 6.07) is 3.42. The maximum absolute atomic E-state index is 13.5. The van der Waals surface area contributed by atoms with Gasteiger partial charge in [-0.3, -0.25) is 4.79 Å². The van der Waals surface area contributed by atoms with Gasteiger partial charge in [-0.1, -0.05) is 11.6 Å². The largest absolute Gasteiger partial charge is 0.477 e. The molecule has 25 heavy (non-hydrogen) atoms. The molecule has 0 saturated carbocycles. The lowest BCUT2D eigenvalue weighted by molar-refractivity contribution is -0.132. The van der Waals surface area contributed by atoms with Crippen LogP contribution in [0.1, 0.15) is 10.4 Å². The maximum Gasteiger partial charge on any atom is 0.341 e. The smallest absolute Gasteiger partial charge is 0.341 e. The highest BCUT2D eigenvalue weighted by Gasteiger charge is 2.23. The Balaban J connectivity index is 2.39. The fourth-order valence-corrected chi connectivity index (χ4v) is 2.06. The summed E-state index contributed by atoms with van der Waals surface area (Å²) in [6.45, 7) is 0. The number of nitrogens with one attached hydrogen (secondary N) is 1. The van der Waals surface area contributed by atoms with Crippen molar-refractivity contribution in [2.24, 2.45) is 0 Å². The number of anilines is 1. The SMILES string of the molecule is O=C(O)/C(=C\Nc1ccc(F)cc1F)C(=O)c1cc(F)c(F)cc1Cl.